The lowest BCUT2D eigenvalue weighted by atomic mass is 9.96. The highest BCUT2D eigenvalue weighted by molar-refractivity contribution is 7.11. The zero-order valence-electron chi connectivity index (χ0n) is 10.6. The van der Waals surface area contributed by atoms with Gasteiger partial charge in [0.25, 0.3) is 0 Å². The zero-order valence-corrected chi connectivity index (χ0v) is 12.2. The van der Waals surface area contributed by atoms with E-state index >= 15 is 0 Å². The van der Waals surface area contributed by atoms with Crippen LogP contribution in [0, 0.1) is 0 Å². The summed E-state index contributed by atoms with van der Waals surface area (Å²) in [6.45, 7) is 0. The summed E-state index contributed by atoms with van der Waals surface area (Å²) in [7, 11) is 1.70. The van der Waals surface area contributed by atoms with Crippen molar-refractivity contribution in [1.29, 1.82) is 0 Å². The first-order valence-electron chi connectivity index (χ1n) is 6.09. The van der Waals surface area contributed by atoms with Gasteiger partial charge in [-0.15, -0.1) is 22.7 Å². The van der Waals surface area contributed by atoms with Crippen LogP contribution in [0.3, 0.4) is 0 Å². The topological polar surface area (TPSA) is 9.23 Å². The molecule has 96 valence electrons. The van der Waals surface area contributed by atoms with E-state index in [9.17, 15) is 0 Å². The summed E-state index contributed by atoms with van der Waals surface area (Å²) in [6, 6.07) is 17.0. The summed E-state index contributed by atoms with van der Waals surface area (Å²) in [4.78, 5) is 2.76. The molecular formula is C16H14OS2. The summed E-state index contributed by atoms with van der Waals surface area (Å²) in [6.07, 6.45) is 0. The van der Waals surface area contributed by atoms with Crippen LogP contribution in [-0.4, -0.2) is 7.11 Å². The molecule has 1 aromatic carbocycles. The van der Waals surface area contributed by atoms with Gasteiger partial charge in [0.2, 0.25) is 0 Å². The third-order valence-corrected chi connectivity index (χ3v) is 4.98. The van der Waals surface area contributed by atoms with Gasteiger partial charge in [-0.3, -0.25) is 0 Å². The highest BCUT2D eigenvalue weighted by Gasteiger charge is 2.18. The van der Waals surface area contributed by atoms with Crippen molar-refractivity contribution in [3.63, 3.8) is 0 Å². The summed E-state index contributed by atoms with van der Waals surface area (Å²) < 4.78 is 5.24. The number of hydrogen-bond donors (Lipinski definition) is 0. The molecule has 3 heteroatoms. The molecule has 3 rings (SSSR count). The number of benzene rings is 1. The molecule has 1 nitrogen and oxygen atoms in total. The van der Waals surface area contributed by atoms with Crippen LogP contribution in [0.15, 0.2) is 59.3 Å². The first-order valence-corrected chi connectivity index (χ1v) is 7.85. The molecule has 0 spiro atoms. The van der Waals surface area contributed by atoms with Gasteiger partial charge in [-0.25, -0.2) is 0 Å². The van der Waals surface area contributed by atoms with Crippen LogP contribution < -0.4 is 4.74 Å². The number of methoxy groups -OCH3 is 1. The molecule has 2 aromatic heterocycles. The molecule has 0 bridgehead atoms. The van der Waals surface area contributed by atoms with Gasteiger partial charge >= 0.3 is 0 Å². The van der Waals surface area contributed by atoms with Gasteiger partial charge in [0.05, 0.1) is 13.0 Å². The van der Waals surface area contributed by atoms with E-state index in [-0.39, 0.29) is 0 Å². The summed E-state index contributed by atoms with van der Waals surface area (Å²) in [5.74, 6) is 1.24. The van der Waals surface area contributed by atoms with E-state index in [0.717, 1.165) is 5.75 Å². The van der Waals surface area contributed by atoms with E-state index in [2.05, 4.69) is 47.2 Å². The third kappa shape index (κ3) is 2.57. The predicted octanol–water partition coefficient (Wildman–Crippen LogP) is 5.00. The summed E-state index contributed by atoms with van der Waals surface area (Å²) in [5.41, 5.74) is 1.31. The quantitative estimate of drug-likeness (QED) is 0.656. The number of hydrogen-bond acceptors (Lipinski definition) is 3. The second-order valence-electron chi connectivity index (χ2n) is 4.24. The Bertz CT molecular complexity index is 575. The second-order valence-corrected chi connectivity index (χ2v) is 6.20. The lowest BCUT2D eigenvalue weighted by molar-refractivity contribution is 0.414. The Balaban J connectivity index is 2.04. The normalized spacial score (nSPS) is 10.8. The molecule has 0 saturated heterocycles. The van der Waals surface area contributed by atoms with Gasteiger partial charge in [0, 0.05) is 9.75 Å². The maximum Gasteiger partial charge on any atom is 0.118 e. The van der Waals surface area contributed by atoms with Crippen molar-refractivity contribution in [2.75, 3.05) is 7.11 Å². The van der Waals surface area contributed by atoms with Crippen molar-refractivity contribution in [2.24, 2.45) is 0 Å². The molecular weight excluding hydrogens is 272 g/mol. The number of rotatable bonds is 4. The monoisotopic (exact) mass is 286 g/mol. The highest BCUT2D eigenvalue weighted by atomic mass is 32.1. The molecule has 0 radical (unpaired) electrons. The fourth-order valence-electron chi connectivity index (χ4n) is 2.18. The van der Waals surface area contributed by atoms with E-state index in [1.807, 2.05) is 34.8 Å². The van der Waals surface area contributed by atoms with Gasteiger partial charge in [0.15, 0.2) is 0 Å². The fraction of sp³-hybridized carbons (Fsp3) is 0.125. The highest BCUT2D eigenvalue weighted by Crippen LogP contribution is 2.37. The average Bonchev–Trinajstić information content (AvgIpc) is 3.13. The van der Waals surface area contributed by atoms with E-state index in [1.54, 1.807) is 7.11 Å². The molecule has 0 aliphatic carbocycles. The average molecular weight is 286 g/mol. The Morgan fingerprint density at radius 1 is 0.842 bits per heavy atom. The number of thiophene rings is 2. The van der Waals surface area contributed by atoms with Gasteiger partial charge in [-0.2, -0.15) is 0 Å². The van der Waals surface area contributed by atoms with Crippen LogP contribution in [0.1, 0.15) is 21.2 Å². The Morgan fingerprint density at radius 3 is 1.84 bits per heavy atom. The Hall–Kier alpha value is -1.58. The van der Waals surface area contributed by atoms with Crippen LogP contribution in [0.2, 0.25) is 0 Å². The lowest BCUT2D eigenvalue weighted by Crippen LogP contribution is -1.99. The molecule has 19 heavy (non-hydrogen) atoms. The van der Waals surface area contributed by atoms with Crippen molar-refractivity contribution < 1.29 is 4.74 Å². The van der Waals surface area contributed by atoms with E-state index < -0.39 is 0 Å². The molecule has 0 amide bonds. The largest absolute Gasteiger partial charge is 0.497 e. The van der Waals surface area contributed by atoms with Crippen molar-refractivity contribution in [2.45, 2.75) is 5.92 Å². The lowest BCUT2D eigenvalue weighted by Gasteiger charge is -2.15. The molecule has 3 aromatic rings. The number of ether oxygens (including phenoxy) is 1. The minimum Gasteiger partial charge on any atom is -0.497 e. The Kier molecular flexibility index (Phi) is 3.67. The van der Waals surface area contributed by atoms with Crippen molar-refractivity contribution in [1.82, 2.24) is 0 Å². The predicted molar refractivity (Wildman–Crippen MR) is 82.6 cm³/mol. The molecule has 0 fully saturated rings. The SMILES string of the molecule is COc1ccc(C(c2cccs2)c2cccs2)cc1. The second kappa shape index (κ2) is 5.59. The maximum atomic E-state index is 5.24. The maximum absolute atomic E-state index is 5.24. The summed E-state index contributed by atoms with van der Waals surface area (Å²) in [5, 5.41) is 4.28. The van der Waals surface area contributed by atoms with Gasteiger partial charge < -0.3 is 4.74 Å². The fourth-order valence-corrected chi connectivity index (χ4v) is 3.99. The van der Waals surface area contributed by atoms with Crippen molar-refractivity contribution in [3.8, 4) is 5.75 Å². The first-order chi connectivity index (χ1) is 9.38. The molecule has 0 saturated carbocycles. The molecule has 0 N–H and O–H groups in total. The smallest absolute Gasteiger partial charge is 0.118 e. The van der Waals surface area contributed by atoms with Crippen molar-refractivity contribution in [3.05, 3.63) is 74.6 Å². The molecule has 0 unspecified atom stereocenters. The van der Waals surface area contributed by atoms with Crippen LogP contribution in [-0.2, 0) is 0 Å². The van der Waals surface area contributed by atoms with Crippen LogP contribution in [0.4, 0.5) is 0 Å². The first kappa shape index (κ1) is 12.5. The molecule has 0 atom stereocenters. The Morgan fingerprint density at radius 2 is 1.42 bits per heavy atom. The minimum absolute atomic E-state index is 0.339. The molecule has 0 aliphatic heterocycles. The van der Waals surface area contributed by atoms with Crippen LogP contribution in [0.5, 0.6) is 5.75 Å². The summed E-state index contributed by atoms with van der Waals surface area (Å²) >= 11 is 3.62. The van der Waals surface area contributed by atoms with Crippen LogP contribution in [0.25, 0.3) is 0 Å². The standard InChI is InChI=1S/C16H14OS2/c1-17-13-8-6-12(7-9-13)16(14-4-2-10-18-14)15-5-3-11-19-15/h2-11,16H,1H3. The van der Waals surface area contributed by atoms with Gasteiger partial charge in [-0.1, -0.05) is 24.3 Å². The third-order valence-electron chi connectivity index (χ3n) is 3.10. The van der Waals surface area contributed by atoms with E-state index in [0.29, 0.717) is 5.92 Å². The molecule has 0 aliphatic rings. The van der Waals surface area contributed by atoms with E-state index in [4.69, 9.17) is 4.74 Å². The van der Waals surface area contributed by atoms with Crippen molar-refractivity contribution >= 4 is 22.7 Å². The van der Waals surface area contributed by atoms with E-state index in [1.165, 1.54) is 15.3 Å². The zero-order chi connectivity index (χ0) is 13.1. The van der Waals surface area contributed by atoms with Gasteiger partial charge in [-0.05, 0) is 40.6 Å². The van der Waals surface area contributed by atoms with Crippen LogP contribution >= 0.6 is 22.7 Å². The minimum atomic E-state index is 0.339. The van der Waals surface area contributed by atoms with Gasteiger partial charge in [0.1, 0.15) is 5.75 Å². The molecule has 2 heterocycles. The Labute approximate surface area is 121 Å².